The molecule has 1 aliphatic heterocycles. The maximum absolute atomic E-state index is 12.4. The van der Waals surface area contributed by atoms with Gasteiger partial charge in [0.15, 0.2) is 0 Å². The number of amides is 2. The number of furan rings is 1. The van der Waals surface area contributed by atoms with Crippen LogP contribution in [0.2, 0.25) is 0 Å². The Morgan fingerprint density at radius 1 is 1.32 bits per heavy atom. The highest BCUT2D eigenvalue weighted by atomic mass is 16.5. The van der Waals surface area contributed by atoms with E-state index in [0.717, 1.165) is 39.3 Å². The number of hydrogen-bond acceptors (Lipinski definition) is 5. The van der Waals surface area contributed by atoms with Crippen LogP contribution in [-0.4, -0.2) is 74.1 Å². The number of morpholine rings is 1. The van der Waals surface area contributed by atoms with E-state index in [1.54, 1.807) is 17.9 Å². The zero-order chi connectivity index (χ0) is 18.1. The number of rotatable bonds is 9. The van der Waals surface area contributed by atoms with E-state index in [-0.39, 0.29) is 11.8 Å². The van der Waals surface area contributed by atoms with E-state index in [4.69, 9.17) is 9.15 Å². The highest BCUT2D eigenvalue weighted by Crippen LogP contribution is 2.12. The molecule has 0 aromatic carbocycles. The minimum atomic E-state index is -0.0890. The highest BCUT2D eigenvalue weighted by Gasteiger charge is 2.18. The van der Waals surface area contributed by atoms with Gasteiger partial charge in [0, 0.05) is 39.1 Å². The normalized spacial score (nSPS) is 15.1. The van der Waals surface area contributed by atoms with Crippen LogP contribution < -0.4 is 5.32 Å². The summed E-state index contributed by atoms with van der Waals surface area (Å²) in [5, 5.41) is 2.93. The third-order valence-electron chi connectivity index (χ3n) is 4.44. The largest absolute Gasteiger partial charge is 0.469 e. The van der Waals surface area contributed by atoms with Crippen LogP contribution in [0.5, 0.6) is 0 Å². The molecule has 1 fully saturated rings. The summed E-state index contributed by atoms with van der Waals surface area (Å²) < 4.78 is 10.5. The van der Waals surface area contributed by atoms with Crippen molar-refractivity contribution in [2.75, 3.05) is 52.5 Å². The molecule has 7 nitrogen and oxygen atoms in total. The first-order valence-corrected chi connectivity index (χ1v) is 9.02. The highest BCUT2D eigenvalue weighted by molar-refractivity contribution is 5.95. The quantitative estimate of drug-likeness (QED) is 0.679. The van der Waals surface area contributed by atoms with Crippen LogP contribution in [0.15, 0.2) is 16.7 Å². The zero-order valence-corrected chi connectivity index (χ0v) is 15.3. The van der Waals surface area contributed by atoms with Gasteiger partial charge in [-0.15, -0.1) is 0 Å². The standard InChI is InChI=1S/C18H29N3O4/c1-3-21(18(23)16-6-12-25-15(16)2)9-5-17(22)19-7-4-8-20-10-13-24-14-11-20/h6,12H,3-5,7-11,13-14H2,1-2H3,(H,19,22). The molecule has 0 bridgehead atoms. The molecule has 0 spiro atoms. The van der Waals surface area contributed by atoms with E-state index in [2.05, 4.69) is 10.2 Å². The average Bonchev–Trinajstić information content (AvgIpc) is 3.06. The first kappa shape index (κ1) is 19.5. The summed E-state index contributed by atoms with van der Waals surface area (Å²) in [6.45, 7) is 9.82. The summed E-state index contributed by atoms with van der Waals surface area (Å²) in [5.41, 5.74) is 0.563. The van der Waals surface area contributed by atoms with E-state index < -0.39 is 0 Å². The van der Waals surface area contributed by atoms with Crippen molar-refractivity contribution in [2.45, 2.75) is 26.7 Å². The van der Waals surface area contributed by atoms with Crippen LogP contribution in [0.1, 0.15) is 35.9 Å². The summed E-state index contributed by atoms with van der Waals surface area (Å²) in [4.78, 5) is 28.4. The molecule has 2 heterocycles. The van der Waals surface area contributed by atoms with Crippen molar-refractivity contribution in [1.29, 1.82) is 0 Å². The van der Waals surface area contributed by atoms with E-state index in [1.165, 1.54) is 6.26 Å². The van der Waals surface area contributed by atoms with Gasteiger partial charge >= 0.3 is 0 Å². The predicted octanol–water partition coefficient (Wildman–Crippen LogP) is 1.28. The topological polar surface area (TPSA) is 75.0 Å². The number of carbonyl (C=O) groups excluding carboxylic acids is 2. The fourth-order valence-electron chi connectivity index (χ4n) is 2.86. The molecule has 1 aliphatic rings. The molecule has 1 aromatic heterocycles. The molecule has 2 rings (SSSR count). The van der Waals surface area contributed by atoms with Crippen LogP contribution in [0.25, 0.3) is 0 Å². The smallest absolute Gasteiger partial charge is 0.257 e. The van der Waals surface area contributed by atoms with Gasteiger partial charge < -0.3 is 19.4 Å². The third kappa shape index (κ3) is 6.17. The van der Waals surface area contributed by atoms with Gasteiger partial charge in [0.25, 0.3) is 5.91 Å². The lowest BCUT2D eigenvalue weighted by molar-refractivity contribution is -0.121. The molecule has 2 amide bonds. The Hall–Kier alpha value is -1.86. The Morgan fingerprint density at radius 2 is 2.08 bits per heavy atom. The maximum atomic E-state index is 12.4. The van der Waals surface area contributed by atoms with Crippen molar-refractivity contribution in [3.05, 3.63) is 23.7 Å². The minimum absolute atomic E-state index is 0.0165. The van der Waals surface area contributed by atoms with E-state index >= 15 is 0 Å². The van der Waals surface area contributed by atoms with E-state index in [1.807, 2.05) is 6.92 Å². The van der Waals surface area contributed by atoms with Crippen LogP contribution in [-0.2, 0) is 9.53 Å². The molecule has 1 aromatic rings. The summed E-state index contributed by atoms with van der Waals surface area (Å²) in [7, 11) is 0. The fraction of sp³-hybridized carbons (Fsp3) is 0.667. The molecular weight excluding hydrogens is 322 g/mol. The van der Waals surface area contributed by atoms with Gasteiger partial charge in [-0.3, -0.25) is 14.5 Å². The van der Waals surface area contributed by atoms with E-state index in [9.17, 15) is 9.59 Å². The molecule has 0 saturated carbocycles. The zero-order valence-electron chi connectivity index (χ0n) is 15.3. The Kier molecular flexibility index (Phi) is 7.94. The van der Waals surface area contributed by atoms with Gasteiger partial charge in [-0.05, 0) is 32.9 Å². The van der Waals surface area contributed by atoms with Gasteiger partial charge in [0.05, 0.1) is 25.0 Å². The lowest BCUT2D eigenvalue weighted by atomic mass is 10.2. The number of aryl methyl sites for hydroxylation is 1. The summed E-state index contributed by atoms with van der Waals surface area (Å²) in [6.07, 6.45) is 2.75. The van der Waals surface area contributed by atoms with Crippen molar-refractivity contribution < 1.29 is 18.7 Å². The monoisotopic (exact) mass is 351 g/mol. The first-order chi connectivity index (χ1) is 12.1. The summed E-state index contributed by atoms with van der Waals surface area (Å²) in [6, 6.07) is 1.67. The van der Waals surface area contributed by atoms with Crippen LogP contribution in [0.3, 0.4) is 0 Å². The second-order valence-corrected chi connectivity index (χ2v) is 6.18. The van der Waals surface area contributed by atoms with Gasteiger partial charge in [0.2, 0.25) is 5.91 Å². The molecular formula is C18H29N3O4. The minimum Gasteiger partial charge on any atom is -0.469 e. The second kappa shape index (κ2) is 10.2. The molecule has 1 N–H and O–H groups in total. The molecule has 25 heavy (non-hydrogen) atoms. The molecule has 1 saturated heterocycles. The van der Waals surface area contributed by atoms with Crippen molar-refractivity contribution in [3.63, 3.8) is 0 Å². The summed E-state index contributed by atoms with van der Waals surface area (Å²) in [5.74, 6) is 0.502. The number of carbonyl (C=O) groups is 2. The molecule has 0 atom stereocenters. The van der Waals surface area contributed by atoms with Gasteiger partial charge in [-0.2, -0.15) is 0 Å². The SMILES string of the molecule is CCN(CCC(=O)NCCCN1CCOCC1)C(=O)c1ccoc1C. The van der Waals surface area contributed by atoms with E-state index in [0.29, 0.717) is 37.4 Å². The Bertz CT molecular complexity index is 552. The maximum Gasteiger partial charge on any atom is 0.257 e. The number of nitrogens with zero attached hydrogens (tertiary/aromatic N) is 2. The number of hydrogen-bond donors (Lipinski definition) is 1. The Morgan fingerprint density at radius 3 is 2.72 bits per heavy atom. The van der Waals surface area contributed by atoms with Crippen LogP contribution in [0.4, 0.5) is 0 Å². The molecule has 0 aliphatic carbocycles. The average molecular weight is 351 g/mol. The Labute approximate surface area is 149 Å². The van der Waals surface area contributed by atoms with Crippen molar-refractivity contribution >= 4 is 11.8 Å². The lowest BCUT2D eigenvalue weighted by Crippen LogP contribution is -2.38. The second-order valence-electron chi connectivity index (χ2n) is 6.18. The van der Waals surface area contributed by atoms with Crippen LogP contribution in [0, 0.1) is 6.92 Å². The first-order valence-electron chi connectivity index (χ1n) is 9.02. The molecule has 7 heteroatoms. The summed E-state index contributed by atoms with van der Waals surface area (Å²) >= 11 is 0. The van der Waals surface area contributed by atoms with Gasteiger partial charge in [-0.25, -0.2) is 0 Å². The lowest BCUT2D eigenvalue weighted by Gasteiger charge is -2.26. The van der Waals surface area contributed by atoms with Crippen molar-refractivity contribution in [1.82, 2.24) is 15.1 Å². The number of ether oxygens (including phenoxy) is 1. The third-order valence-corrected chi connectivity index (χ3v) is 4.44. The molecule has 0 radical (unpaired) electrons. The predicted molar refractivity (Wildman–Crippen MR) is 94.5 cm³/mol. The van der Waals surface area contributed by atoms with Crippen molar-refractivity contribution in [2.24, 2.45) is 0 Å². The number of nitrogens with one attached hydrogen (secondary N) is 1. The Balaban J connectivity index is 1.64. The molecule has 0 unspecified atom stereocenters. The van der Waals surface area contributed by atoms with Gasteiger partial charge in [-0.1, -0.05) is 0 Å². The molecule has 140 valence electrons. The fourth-order valence-corrected chi connectivity index (χ4v) is 2.86. The van der Waals surface area contributed by atoms with Gasteiger partial charge in [0.1, 0.15) is 5.76 Å². The van der Waals surface area contributed by atoms with Crippen molar-refractivity contribution in [3.8, 4) is 0 Å². The van der Waals surface area contributed by atoms with Crippen LogP contribution >= 0.6 is 0 Å².